The maximum atomic E-state index is 12.7. The average Bonchev–Trinajstić information content (AvgIpc) is 3.30. The summed E-state index contributed by atoms with van der Waals surface area (Å²) >= 11 is 1.37. The fraction of sp³-hybridized carbons (Fsp3) is 0.412. The van der Waals surface area contributed by atoms with Crippen molar-refractivity contribution in [3.8, 4) is 0 Å². The summed E-state index contributed by atoms with van der Waals surface area (Å²) in [6, 6.07) is 3.49. The monoisotopic (exact) mass is 373 g/mol. The number of nitrogens with zero attached hydrogens (tertiary/aromatic N) is 4. The number of anilines is 1. The van der Waals surface area contributed by atoms with Gasteiger partial charge < -0.3 is 14.6 Å². The Morgan fingerprint density at radius 1 is 1.50 bits per heavy atom. The lowest BCUT2D eigenvalue weighted by Gasteiger charge is -2.30. The molecular weight excluding hydrogens is 354 g/mol. The number of furan rings is 1. The van der Waals surface area contributed by atoms with Crippen molar-refractivity contribution in [2.45, 2.75) is 26.3 Å². The van der Waals surface area contributed by atoms with Gasteiger partial charge in [-0.1, -0.05) is 18.3 Å². The van der Waals surface area contributed by atoms with Crippen molar-refractivity contribution < 1.29 is 9.21 Å². The SMILES string of the molecule is C[C@@H]1CCCN(c2nn3c(=O)c(C(=O)NCc4ccco4)cnc3s2)C1. The van der Waals surface area contributed by atoms with Crippen LogP contribution in [-0.2, 0) is 6.54 Å². The third-order valence-electron chi connectivity index (χ3n) is 4.45. The lowest BCUT2D eigenvalue weighted by molar-refractivity contribution is 0.0946. The van der Waals surface area contributed by atoms with E-state index in [4.69, 9.17) is 4.42 Å². The zero-order valence-corrected chi connectivity index (χ0v) is 15.2. The molecule has 9 heteroatoms. The zero-order valence-electron chi connectivity index (χ0n) is 14.3. The largest absolute Gasteiger partial charge is 0.467 e. The molecular formula is C17H19N5O3S. The first kappa shape index (κ1) is 16.8. The number of carbonyl (C=O) groups excluding carboxylic acids is 1. The molecule has 1 fully saturated rings. The molecule has 8 nitrogen and oxygen atoms in total. The Hall–Kier alpha value is -2.68. The highest BCUT2D eigenvalue weighted by molar-refractivity contribution is 7.20. The summed E-state index contributed by atoms with van der Waals surface area (Å²) in [5.74, 6) is 0.723. The van der Waals surface area contributed by atoms with Gasteiger partial charge in [0, 0.05) is 19.3 Å². The van der Waals surface area contributed by atoms with Crippen LogP contribution in [0.2, 0.25) is 0 Å². The molecule has 1 amide bonds. The number of nitrogens with one attached hydrogen (secondary N) is 1. The van der Waals surface area contributed by atoms with Crippen molar-refractivity contribution in [1.82, 2.24) is 19.9 Å². The Balaban J connectivity index is 1.58. The highest BCUT2D eigenvalue weighted by Crippen LogP contribution is 2.26. The maximum absolute atomic E-state index is 12.7. The number of aromatic nitrogens is 3. The molecule has 0 bridgehead atoms. The number of hydrogen-bond donors (Lipinski definition) is 1. The lowest BCUT2D eigenvalue weighted by Crippen LogP contribution is -2.34. The molecule has 136 valence electrons. The quantitative estimate of drug-likeness (QED) is 0.751. The van der Waals surface area contributed by atoms with E-state index in [0.717, 1.165) is 24.6 Å². The summed E-state index contributed by atoms with van der Waals surface area (Å²) in [5.41, 5.74) is -0.488. The molecule has 1 atom stereocenters. The van der Waals surface area contributed by atoms with Crippen LogP contribution in [0.5, 0.6) is 0 Å². The van der Waals surface area contributed by atoms with E-state index in [1.54, 1.807) is 12.1 Å². The van der Waals surface area contributed by atoms with Gasteiger partial charge in [0.25, 0.3) is 11.5 Å². The highest BCUT2D eigenvalue weighted by Gasteiger charge is 2.22. The second-order valence-electron chi connectivity index (χ2n) is 6.51. The minimum atomic E-state index is -0.491. The first-order chi connectivity index (χ1) is 12.6. The van der Waals surface area contributed by atoms with Gasteiger partial charge in [-0.05, 0) is 30.9 Å². The Bertz CT molecular complexity index is 978. The van der Waals surface area contributed by atoms with Gasteiger partial charge in [0.1, 0.15) is 11.3 Å². The normalized spacial score (nSPS) is 17.6. The van der Waals surface area contributed by atoms with E-state index < -0.39 is 11.5 Å². The minimum absolute atomic E-state index is 0.0297. The molecule has 4 heterocycles. The van der Waals surface area contributed by atoms with Crippen LogP contribution in [0.3, 0.4) is 0 Å². The average molecular weight is 373 g/mol. The van der Waals surface area contributed by atoms with Gasteiger partial charge in [-0.3, -0.25) is 9.59 Å². The van der Waals surface area contributed by atoms with Crippen LogP contribution in [0, 0.1) is 5.92 Å². The van der Waals surface area contributed by atoms with Crippen molar-refractivity contribution in [2.75, 3.05) is 18.0 Å². The van der Waals surface area contributed by atoms with E-state index in [1.807, 2.05) is 0 Å². The first-order valence-electron chi connectivity index (χ1n) is 8.56. The van der Waals surface area contributed by atoms with Crippen LogP contribution in [-0.4, -0.2) is 33.6 Å². The summed E-state index contributed by atoms with van der Waals surface area (Å²) in [4.78, 5) is 31.9. The molecule has 0 radical (unpaired) electrons. The van der Waals surface area contributed by atoms with Crippen LogP contribution in [0.15, 0.2) is 33.8 Å². The van der Waals surface area contributed by atoms with Crippen LogP contribution in [0.4, 0.5) is 5.13 Å². The van der Waals surface area contributed by atoms with E-state index in [9.17, 15) is 9.59 Å². The molecule has 0 spiro atoms. The molecule has 0 aliphatic carbocycles. The molecule has 3 aromatic heterocycles. The number of hydrogen-bond acceptors (Lipinski definition) is 7. The second-order valence-corrected chi connectivity index (χ2v) is 7.45. The van der Waals surface area contributed by atoms with Gasteiger partial charge in [-0.15, -0.1) is 5.10 Å². The third kappa shape index (κ3) is 3.22. The smallest absolute Gasteiger partial charge is 0.288 e. The van der Waals surface area contributed by atoms with Gasteiger partial charge in [-0.25, -0.2) is 4.98 Å². The van der Waals surface area contributed by atoms with Crippen molar-refractivity contribution in [3.05, 3.63) is 46.3 Å². The lowest BCUT2D eigenvalue weighted by atomic mass is 10.0. The summed E-state index contributed by atoms with van der Waals surface area (Å²) < 4.78 is 6.39. The van der Waals surface area contributed by atoms with Gasteiger partial charge in [0.2, 0.25) is 10.1 Å². The van der Waals surface area contributed by atoms with Crippen molar-refractivity contribution >= 4 is 27.3 Å². The van der Waals surface area contributed by atoms with E-state index in [0.29, 0.717) is 16.6 Å². The molecule has 0 unspecified atom stereocenters. The van der Waals surface area contributed by atoms with Crippen LogP contribution in [0.25, 0.3) is 4.96 Å². The number of carbonyl (C=O) groups is 1. The van der Waals surface area contributed by atoms with Crippen LogP contribution >= 0.6 is 11.3 Å². The maximum Gasteiger partial charge on any atom is 0.288 e. The summed E-state index contributed by atoms with van der Waals surface area (Å²) in [5, 5.41) is 7.85. The number of piperidine rings is 1. The first-order valence-corrected chi connectivity index (χ1v) is 9.38. The Morgan fingerprint density at radius 3 is 3.15 bits per heavy atom. The standard InChI is InChI=1S/C17H19N5O3S/c1-11-4-2-6-21(10-11)17-20-22-15(24)13(9-19-16(22)26-17)14(23)18-8-12-5-3-7-25-12/h3,5,7,9,11H,2,4,6,8,10H2,1H3,(H,18,23)/t11-/m1/s1. The van der Waals surface area contributed by atoms with Crippen LogP contribution in [0.1, 0.15) is 35.9 Å². The van der Waals surface area contributed by atoms with Gasteiger partial charge in [0.05, 0.1) is 12.8 Å². The Kier molecular flexibility index (Phi) is 4.46. The molecule has 0 saturated carbocycles. The number of rotatable bonds is 4. The summed E-state index contributed by atoms with van der Waals surface area (Å²) in [6.07, 6.45) is 5.16. The predicted octanol–water partition coefficient (Wildman–Crippen LogP) is 1.91. The zero-order chi connectivity index (χ0) is 18.1. The topological polar surface area (TPSA) is 92.7 Å². The van der Waals surface area contributed by atoms with E-state index in [-0.39, 0.29) is 12.1 Å². The van der Waals surface area contributed by atoms with Gasteiger partial charge in [-0.2, -0.15) is 4.52 Å². The van der Waals surface area contributed by atoms with E-state index in [2.05, 4.69) is 27.2 Å². The molecule has 1 aliphatic rings. The Morgan fingerprint density at radius 2 is 2.38 bits per heavy atom. The molecule has 4 rings (SSSR count). The van der Waals surface area contributed by atoms with Crippen molar-refractivity contribution in [2.24, 2.45) is 5.92 Å². The predicted molar refractivity (Wildman–Crippen MR) is 97.6 cm³/mol. The van der Waals surface area contributed by atoms with E-state index in [1.165, 1.54) is 34.7 Å². The second kappa shape index (κ2) is 6.91. The van der Waals surface area contributed by atoms with Crippen molar-refractivity contribution in [3.63, 3.8) is 0 Å². The highest BCUT2D eigenvalue weighted by atomic mass is 32.1. The minimum Gasteiger partial charge on any atom is -0.467 e. The molecule has 1 aliphatic heterocycles. The third-order valence-corrected chi connectivity index (χ3v) is 5.43. The van der Waals surface area contributed by atoms with Gasteiger partial charge in [0.15, 0.2) is 0 Å². The summed E-state index contributed by atoms with van der Waals surface area (Å²) in [6.45, 7) is 4.27. The van der Waals surface area contributed by atoms with Crippen LogP contribution < -0.4 is 15.8 Å². The van der Waals surface area contributed by atoms with Crippen molar-refractivity contribution in [1.29, 1.82) is 0 Å². The summed E-state index contributed by atoms with van der Waals surface area (Å²) in [7, 11) is 0. The number of fused-ring (bicyclic) bond motifs is 1. The van der Waals surface area contributed by atoms with Gasteiger partial charge >= 0.3 is 0 Å². The molecule has 1 N–H and O–H groups in total. The Labute approximate surface area is 153 Å². The fourth-order valence-electron chi connectivity index (χ4n) is 3.10. The fourth-order valence-corrected chi connectivity index (χ4v) is 3.99. The number of amides is 1. The molecule has 3 aromatic rings. The molecule has 26 heavy (non-hydrogen) atoms. The molecule has 1 saturated heterocycles. The molecule has 0 aromatic carbocycles. The van der Waals surface area contributed by atoms with E-state index >= 15 is 0 Å².